The van der Waals surface area contributed by atoms with Crippen LogP contribution in [-0.4, -0.2) is 22.2 Å². The molecule has 0 saturated carbocycles. The molecule has 0 saturated heterocycles. The van der Waals surface area contributed by atoms with Gasteiger partial charge in [-0.3, -0.25) is 9.59 Å². The molecule has 0 spiro atoms. The van der Waals surface area contributed by atoms with E-state index in [0.717, 1.165) is 0 Å². The van der Waals surface area contributed by atoms with Crippen LogP contribution in [0.2, 0.25) is 5.02 Å². The summed E-state index contributed by atoms with van der Waals surface area (Å²) in [4.78, 5) is 33.8. The van der Waals surface area contributed by atoms with Crippen molar-refractivity contribution in [1.29, 1.82) is 0 Å². The van der Waals surface area contributed by atoms with Crippen molar-refractivity contribution in [2.24, 2.45) is 0 Å². The number of halogens is 1. The molecule has 19 heavy (non-hydrogen) atoms. The number of aliphatic carboxylic acids is 1. The van der Waals surface area contributed by atoms with E-state index in [1.54, 1.807) is 0 Å². The summed E-state index contributed by atoms with van der Waals surface area (Å²) in [6.07, 6.45) is -0.730. The summed E-state index contributed by atoms with van der Waals surface area (Å²) >= 11 is 5.82. The Morgan fingerprint density at radius 2 is 1.95 bits per heavy atom. The van der Waals surface area contributed by atoms with E-state index in [1.807, 2.05) is 0 Å². The molecule has 1 aromatic heterocycles. The fraction of sp³-hybridized carbons (Fsp3) is 0.0833. The van der Waals surface area contributed by atoms with Crippen LogP contribution in [0.1, 0.15) is 16.1 Å². The van der Waals surface area contributed by atoms with Gasteiger partial charge in [-0.2, -0.15) is 0 Å². The van der Waals surface area contributed by atoms with Gasteiger partial charge in [0.25, 0.3) is 0 Å². The maximum atomic E-state index is 12.1. The Morgan fingerprint density at radius 3 is 2.53 bits per heavy atom. The average molecular weight is 283 g/mol. The van der Waals surface area contributed by atoms with Crippen molar-refractivity contribution < 1.29 is 24.2 Å². The molecule has 2 N–H and O–H groups in total. The Labute approximate surface area is 110 Å². The van der Waals surface area contributed by atoms with Crippen LogP contribution >= 0.6 is 11.6 Å². The fourth-order valence-corrected chi connectivity index (χ4v) is 1.92. The lowest BCUT2D eigenvalue weighted by Gasteiger charge is -2.05. The third kappa shape index (κ3) is 2.30. The minimum Gasteiger partial charge on any atom is -0.481 e. The van der Waals surface area contributed by atoms with Crippen LogP contribution in [0.5, 0.6) is 0 Å². The van der Waals surface area contributed by atoms with Gasteiger partial charge < -0.3 is 14.6 Å². The molecule has 0 aliphatic heterocycles. The fourth-order valence-electron chi connectivity index (χ4n) is 1.71. The summed E-state index contributed by atoms with van der Waals surface area (Å²) in [6.45, 7) is 0. The van der Waals surface area contributed by atoms with Crippen LogP contribution in [0.3, 0.4) is 0 Å². The zero-order valence-corrected chi connectivity index (χ0v) is 10.1. The molecule has 0 bridgehead atoms. The van der Waals surface area contributed by atoms with Crippen LogP contribution in [0.25, 0.3) is 11.0 Å². The molecule has 0 amide bonds. The van der Waals surface area contributed by atoms with Crippen molar-refractivity contribution in [2.45, 2.75) is 6.42 Å². The zero-order chi connectivity index (χ0) is 14.2. The van der Waals surface area contributed by atoms with E-state index in [4.69, 9.17) is 26.2 Å². The van der Waals surface area contributed by atoms with Gasteiger partial charge >= 0.3 is 11.9 Å². The van der Waals surface area contributed by atoms with E-state index < -0.39 is 35.1 Å². The maximum absolute atomic E-state index is 12.1. The molecule has 2 aromatic rings. The van der Waals surface area contributed by atoms with Gasteiger partial charge in [-0.15, -0.1) is 0 Å². The second-order valence-corrected chi connectivity index (χ2v) is 4.14. The highest BCUT2D eigenvalue weighted by molar-refractivity contribution is 6.34. The Hall–Kier alpha value is -2.34. The third-order valence-electron chi connectivity index (χ3n) is 2.49. The standard InChI is InChI=1S/C12H7ClO6/c13-7-3-1-2-5-9(16)6(4-8(14)15)11(12(17)18)19-10(5)7/h1-3H,4H2,(H,14,15)(H,17,18). The predicted octanol–water partition coefficient (Wildman–Crippen LogP) is 1.77. The first-order chi connectivity index (χ1) is 8.91. The van der Waals surface area contributed by atoms with Crippen LogP contribution in [0.4, 0.5) is 0 Å². The monoisotopic (exact) mass is 282 g/mol. The molecule has 0 fully saturated rings. The number of aromatic carboxylic acids is 1. The highest BCUT2D eigenvalue weighted by Crippen LogP contribution is 2.23. The smallest absolute Gasteiger partial charge is 0.372 e. The normalized spacial score (nSPS) is 10.6. The van der Waals surface area contributed by atoms with E-state index in [9.17, 15) is 14.4 Å². The Balaban J connectivity index is 2.90. The number of carbonyl (C=O) groups is 2. The molecule has 7 heteroatoms. The number of hydrogen-bond acceptors (Lipinski definition) is 4. The molecule has 2 rings (SSSR count). The predicted molar refractivity (Wildman–Crippen MR) is 65.8 cm³/mol. The van der Waals surface area contributed by atoms with Gasteiger partial charge in [-0.1, -0.05) is 17.7 Å². The van der Waals surface area contributed by atoms with Crippen LogP contribution in [0, 0.1) is 0 Å². The summed E-state index contributed by atoms with van der Waals surface area (Å²) in [5.74, 6) is -3.54. The molecule has 1 aromatic carbocycles. The second-order valence-electron chi connectivity index (χ2n) is 3.73. The van der Waals surface area contributed by atoms with Gasteiger partial charge in [0.15, 0.2) is 11.0 Å². The molecule has 0 aliphatic rings. The Morgan fingerprint density at radius 1 is 1.26 bits per heavy atom. The molecule has 1 heterocycles. The molecule has 0 aliphatic carbocycles. The van der Waals surface area contributed by atoms with Crippen molar-refractivity contribution in [1.82, 2.24) is 0 Å². The second kappa shape index (κ2) is 4.74. The number of para-hydroxylation sites is 1. The van der Waals surface area contributed by atoms with E-state index in [2.05, 4.69) is 0 Å². The van der Waals surface area contributed by atoms with Crippen molar-refractivity contribution in [2.75, 3.05) is 0 Å². The molecule has 98 valence electrons. The minimum atomic E-state index is -1.52. The lowest BCUT2D eigenvalue weighted by atomic mass is 10.1. The van der Waals surface area contributed by atoms with Gasteiger partial charge in [0.1, 0.15) is 0 Å². The number of rotatable bonds is 3. The van der Waals surface area contributed by atoms with Gasteiger partial charge in [0, 0.05) is 0 Å². The summed E-state index contributed by atoms with van der Waals surface area (Å²) < 4.78 is 5.07. The summed E-state index contributed by atoms with van der Waals surface area (Å²) in [5, 5.41) is 17.8. The third-order valence-corrected chi connectivity index (χ3v) is 2.78. The highest BCUT2D eigenvalue weighted by atomic mass is 35.5. The number of fused-ring (bicyclic) bond motifs is 1. The van der Waals surface area contributed by atoms with Gasteiger partial charge in [-0.05, 0) is 12.1 Å². The molecule has 0 radical (unpaired) electrons. The summed E-state index contributed by atoms with van der Waals surface area (Å²) in [5.41, 5.74) is -1.18. The lowest BCUT2D eigenvalue weighted by Crippen LogP contribution is -2.19. The quantitative estimate of drug-likeness (QED) is 0.889. The molecular formula is C12H7ClO6. The van der Waals surface area contributed by atoms with Gasteiger partial charge in [0.05, 0.1) is 22.4 Å². The van der Waals surface area contributed by atoms with E-state index >= 15 is 0 Å². The summed E-state index contributed by atoms with van der Waals surface area (Å²) in [7, 11) is 0. The molecular weight excluding hydrogens is 276 g/mol. The van der Waals surface area contributed by atoms with Crippen molar-refractivity contribution >= 4 is 34.5 Å². The topological polar surface area (TPSA) is 105 Å². The number of benzene rings is 1. The van der Waals surface area contributed by atoms with Crippen LogP contribution in [0.15, 0.2) is 27.4 Å². The van der Waals surface area contributed by atoms with Crippen molar-refractivity contribution in [3.63, 3.8) is 0 Å². The first-order valence-electron chi connectivity index (χ1n) is 5.11. The number of carboxylic acid groups (broad SMARTS) is 2. The lowest BCUT2D eigenvalue weighted by molar-refractivity contribution is -0.136. The maximum Gasteiger partial charge on any atom is 0.372 e. The van der Waals surface area contributed by atoms with Crippen LogP contribution < -0.4 is 5.43 Å². The summed E-state index contributed by atoms with van der Waals surface area (Å²) in [6, 6.07) is 4.33. The molecule has 0 unspecified atom stereocenters. The van der Waals surface area contributed by atoms with Gasteiger partial charge in [-0.25, -0.2) is 4.79 Å². The van der Waals surface area contributed by atoms with Crippen molar-refractivity contribution in [3.05, 3.63) is 44.8 Å². The highest BCUT2D eigenvalue weighted by Gasteiger charge is 2.22. The van der Waals surface area contributed by atoms with E-state index in [0.29, 0.717) is 0 Å². The average Bonchev–Trinajstić information content (AvgIpc) is 2.32. The first kappa shape index (κ1) is 13.1. The molecule has 6 nitrogen and oxygen atoms in total. The molecule has 0 atom stereocenters. The Kier molecular flexibility index (Phi) is 3.26. The SMILES string of the molecule is O=C(O)Cc1c(C(=O)O)oc2c(Cl)cccc2c1=O. The number of carboxylic acids is 2. The number of hydrogen-bond donors (Lipinski definition) is 2. The Bertz CT molecular complexity index is 746. The first-order valence-corrected chi connectivity index (χ1v) is 5.49. The van der Waals surface area contributed by atoms with Crippen LogP contribution in [-0.2, 0) is 11.2 Å². The van der Waals surface area contributed by atoms with Gasteiger partial charge in [0.2, 0.25) is 5.76 Å². The van der Waals surface area contributed by atoms with Crippen molar-refractivity contribution in [3.8, 4) is 0 Å². The largest absolute Gasteiger partial charge is 0.481 e. The van der Waals surface area contributed by atoms with E-state index in [-0.39, 0.29) is 16.0 Å². The van der Waals surface area contributed by atoms with E-state index in [1.165, 1.54) is 18.2 Å². The minimum absolute atomic E-state index is 0.0498. The zero-order valence-electron chi connectivity index (χ0n) is 9.34.